The summed E-state index contributed by atoms with van der Waals surface area (Å²) in [5.74, 6) is -0.365. The molecule has 4 nitrogen and oxygen atoms in total. The first-order valence-corrected chi connectivity index (χ1v) is 13.7. The van der Waals surface area contributed by atoms with E-state index in [1.165, 1.54) is 4.40 Å². The Morgan fingerprint density at radius 2 is 1.81 bits per heavy atom. The van der Waals surface area contributed by atoms with Crippen molar-refractivity contribution in [3.8, 4) is 0 Å². The van der Waals surface area contributed by atoms with Gasteiger partial charge in [-0.2, -0.15) is 0 Å². The maximum atomic E-state index is 13.1. The normalized spacial score (nSPS) is 13.9. The van der Waals surface area contributed by atoms with Gasteiger partial charge >= 0.3 is 0 Å². The lowest BCUT2D eigenvalue weighted by Gasteiger charge is -2.36. The summed E-state index contributed by atoms with van der Waals surface area (Å²) in [5, 5.41) is 7.27. The third-order valence-corrected chi connectivity index (χ3v) is 11.4. The third-order valence-electron chi connectivity index (χ3n) is 6.42. The minimum atomic E-state index is -2.69. The first kappa shape index (κ1) is 23.8. The Bertz CT molecular complexity index is 1090. The zero-order valence-electron chi connectivity index (χ0n) is 19.1. The van der Waals surface area contributed by atoms with Gasteiger partial charge in [0.2, 0.25) is 5.82 Å². The summed E-state index contributed by atoms with van der Waals surface area (Å²) in [7, 11) is -1.88. The Labute approximate surface area is 188 Å². The number of nitrogens with zero attached hydrogens (tertiary/aromatic N) is 3. The van der Waals surface area contributed by atoms with E-state index in [9.17, 15) is 8.78 Å². The average Bonchev–Trinajstić information content (AvgIpc) is 3.11. The lowest BCUT2D eigenvalue weighted by Crippen LogP contribution is -2.40. The quantitative estimate of drug-likeness (QED) is 0.287. The smallest absolute Gasteiger partial charge is 0.297 e. The fraction of sp³-hybridized carbons (Fsp3) is 0.478. The molecule has 0 aliphatic carbocycles. The van der Waals surface area contributed by atoms with E-state index in [0.29, 0.717) is 12.3 Å². The summed E-state index contributed by atoms with van der Waals surface area (Å²) in [6, 6.07) is 7.90. The summed E-state index contributed by atoms with van der Waals surface area (Å²) >= 11 is 6.86. The van der Waals surface area contributed by atoms with Crippen molar-refractivity contribution >= 4 is 25.6 Å². The molecule has 0 aliphatic rings. The number of halogens is 3. The van der Waals surface area contributed by atoms with E-state index in [0.717, 1.165) is 27.8 Å². The fourth-order valence-corrected chi connectivity index (χ4v) is 4.52. The van der Waals surface area contributed by atoms with Gasteiger partial charge in [0, 0.05) is 6.20 Å². The second-order valence-electron chi connectivity index (χ2n) is 9.55. The van der Waals surface area contributed by atoms with Gasteiger partial charge in [0.1, 0.15) is 0 Å². The highest BCUT2D eigenvalue weighted by molar-refractivity contribution is 6.74. The van der Waals surface area contributed by atoms with Crippen LogP contribution in [0.15, 0.2) is 30.5 Å². The van der Waals surface area contributed by atoms with E-state index in [1.54, 1.807) is 12.3 Å². The minimum Gasteiger partial charge on any atom is -0.413 e. The molecule has 0 saturated carbocycles. The number of pyridine rings is 1. The molecular formula is C23H30ClF2N3OSi. The summed E-state index contributed by atoms with van der Waals surface area (Å²) in [6.07, 6.45) is -1.13. The largest absolute Gasteiger partial charge is 0.413 e. The SMILES string of the molecule is Cc1ccc(C(Cl)c2ccn3c(C(F)F)nnc3c2C)cc1CO[Si](C)(C)C(C)(C)C. The highest BCUT2D eigenvalue weighted by atomic mass is 35.5. The number of hydrogen-bond acceptors (Lipinski definition) is 3. The van der Waals surface area contributed by atoms with Crippen LogP contribution >= 0.6 is 11.6 Å². The number of hydrogen-bond donors (Lipinski definition) is 0. The van der Waals surface area contributed by atoms with Gasteiger partial charge in [0.05, 0.1) is 12.0 Å². The van der Waals surface area contributed by atoms with Crippen LogP contribution in [0.3, 0.4) is 0 Å². The summed E-state index contributed by atoms with van der Waals surface area (Å²) in [5.41, 5.74) is 5.14. The highest BCUT2D eigenvalue weighted by Gasteiger charge is 2.37. The van der Waals surface area contributed by atoms with E-state index >= 15 is 0 Å². The van der Waals surface area contributed by atoms with E-state index in [1.807, 2.05) is 13.0 Å². The molecule has 0 saturated heterocycles. The lowest BCUT2D eigenvalue weighted by molar-refractivity contribution is 0.139. The summed E-state index contributed by atoms with van der Waals surface area (Å²) in [6.45, 7) is 15.6. The predicted molar refractivity (Wildman–Crippen MR) is 124 cm³/mol. The molecule has 0 amide bonds. The molecule has 1 aromatic carbocycles. The van der Waals surface area contributed by atoms with Crippen LogP contribution in [-0.4, -0.2) is 22.9 Å². The van der Waals surface area contributed by atoms with Crippen molar-refractivity contribution in [2.45, 2.75) is 71.2 Å². The van der Waals surface area contributed by atoms with Gasteiger partial charge in [-0.1, -0.05) is 39.0 Å². The molecule has 0 fully saturated rings. The number of aromatic nitrogens is 3. The van der Waals surface area contributed by atoms with Gasteiger partial charge in [-0.05, 0) is 65.9 Å². The maximum absolute atomic E-state index is 13.1. The molecule has 3 aromatic rings. The monoisotopic (exact) mass is 465 g/mol. The topological polar surface area (TPSA) is 39.4 Å². The van der Waals surface area contributed by atoms with E-state index < -0.39 is 20.1 Å². The predicted octanol–water partition coefficient (Wildman–Crippen LogP) is 7.13. The van der Waals surface area contributed by atoms with Crippen LogP contribution in [-0.2, 0) is 11.0 Å². The van der Waals surface area contributed by atoms with Crippen LogP contribution in [0, 0.1) is 13.8 Å². The molecular weight excluding hydrogens is 436 g/mol. The second-order valence-corrected chi connectivity index (χ2v) is 14.8. The second kappa shape index (κ2) is 8.60. The Balaban J connectivity index is 1.91. The van der Waals surface area contributed by atoms with Crippen molar-refractivity contribution in [3.05, 3.63) is 64.1 Å². The van der Waals surface area contributed by atoms with Crippen LogP contribution in [0.4, 0.5) is 8.78 Å². The van der Waals surface area contributed by atoms with Gasteiger partial charge in [0.25, 0.3) is 6.43 Å². The molecule has 168 valence electrons. The zero-order chi connectivity index (χ0) is 23.1. The molecule has 1 unspecified atom stereocenters. The van der Waals surface area contributed by atoms with Crippen LogP contribution in [0.1, 0.15) is 66.2 Å². The molecule has 2 aromatic heterocycles. The number of aryl methyl sites for hydroxylation is 2. The number of fused-ring (bicyclic) bond motifs is 1. The molecule has 0 bridgehead atoms. The molecule has 3 rings (SSSR count). The molecule has 0 radical (unpaired) electrons. The number of benzene rings is 1. The van der Waals surface area contributed by atoms with E-state index in [-0.39, 0.29) is 10.9 Å². The number of rotatable bonds is 6. The van der Waals surface area contributed by atoms with Crippen molar-refractivity contribution in [1.29, 1.82) is 0 Å². The molecule has 31 heavy (non-hydrogen) atoms. The van der Waals surface area contributed by atoms with Gasteiger partial charge in [0.15, 0.2) is 14.0 Å². The molecule has 2 heterocycles. The van der Waals surface area contributed by atoms with Crippen LogP contribution < -0.4 is 0 Å². The van der Waals surface area contributed by atoms with Crippen LogP contribution in [0.2, 0.25) is 18.1 Å². The Hall–Kier alpha value is -1.83. The molecule has 8 heteroatoms. The molecule has 0 aliphatic heterocycles. The van der Waals surface area contributed by atoms with Crippen LogP contribution in [0.25, 0.3) is 5.65 Å². The fourth-order valence-electron chi connectivity index (χ4n) is 3.20. The van der Waals surface area contributed by atoms with Crippen molar-refractivity contribution in [2.75, 3.05) is 0 Å². The van der Waals surface area contributed by atoms with Crippen molar-refractivity contribution in [1.82, 2.24) is 14.6 Å². The summed E-state index contributed by atoms with van der Waals surface area (Å²) < 4.78 is 34.0. The summed E-state index contributed by atoms with van der Waals surface area (Å²) in [4.78, 5) is 0. The van der Waals surface area contributed by atoms with Crippen molar-refractivity contribution < 1.29 is 13.2 Å². The average molecular weight is 466 g/mol. The Morgan fingerprint density at radius 1 is 1.13 bits per heavy atom. The zero-order valence-corrected chi connectivity index (χ0v) is 20.9. The minimum absolute atomic E-state index is 0.134. The van der Waals surface area contributed by atoms with Gasteiger partial charge in [-0.3, -0.25) is 4.40 Å². The van der Waals surface area contributed by atoms with Gasteiger partial charge in [-0.25, -0.2) is 8.78 Å². The Kier molecular flexibility index (Phi) is 6.61. The van der Waals surface area contributed by atoms with Crippen molar-refractivity contribution in [3.63, 3.8) is 0 Å². The standard InChI is InChI=1S/C23H30ClF2N3OSi/c1-14-8-9-16(12-17(14)13-30-31(6,7)23(3,4)5)19(24)18-10-11-29-21(15(18)2)27-28-22(29)20(25)26/h8-12,19-20H,13H2,1-7H3. The van der Waals surface area contributed by atoms with E-state index in [4.69, 9.17) is 16.0 Å². The molecule has 1 atom stereocenters. The maximum Gasteiger partial charge on any atom is 0.297 e. The van der Waals surface area contributed by atoms with Crippen LogP contribution in [0.5, 0.6) is 0 Å². The first-order valence-electron chi connectivity index (χ1n) is 10.3. The van der Waals surface area contributed by atoms with Gasteiger partial charge < -0.3 is 4.43 Å². The molecule has 0 spiro atoms. The number of alkyl halides is 3. The first-order chi connectivity index (χ1) is 14.3. The van der Waals surface area contributed by atoms with Gasteiger partial charge in [-0.15, -0.1) is 21.8 Å². The van der Waals surface area contributed by atoms with E-state index in [2.05, 4.69) is 63.1 Å². The molecule has 0 N–H and O–H groups in total. The van der Waals surface area contributed by atoms with Crippen molar-refractivity contribution in [2.24, 2.45) is 0 Å². The Morgan fingerprint density at radius 3 is 2.42 bits per heavy atom. The highest BCUT2D eigenvalue weighted by Crippen LogP contribution is 2.38. The third kappa shape index (κ3) is 4.68. The lowest BCUT2D eigenvalue weighted by atomic mass is 9.98.